The molecular formula is C11H19N5O2. The van der Waals surface area contributed by atoms with Crippen LogP contribution in [-0.2, 0) is 16.1 Å². The van der Waals surface area contributed by atoms with E-state index in [1.165, 1.54) is 10.9 Å². The minimum absolute atomic E-state index is 0.00632. The Bertz CT molecular complexity index is 402. The first-order chi connectivity index (χ1) is 8.61. The predicted octanol–water partition coefficient (Wildman–Crippen LogP) is -0.174. The van der Waals surface area contributed by atoms with Crippen LogP contribution in [0.1, 0.15) is 25.7 Å². The second-order valence-electron chi connectivity index (χ2n) is 4.04. The zero-order chi connectivity index (χ0) is 13.4. The smallest absolute Gasteiger partial charge is 0.239 e. The SMILES string of the molecule is NCCCCCC(=O)Nc1cnn(CC(N)=O)c1. The first-order valence-corrected chi connectivity index (χ1v) is 5.92. The van der Waals surface area contributed by atoms with Crippen molar-refractivity contribution < 1.29 is 9.59 Å². The average Bonchev–Trinajstić information content (AvgIpc) is 2.71. The molecule has 100 valence electrons. The number of hydrogen-bond donors (Lipinski definition) is 3. The molecule has 0 aromatic carbocycles. The standard InChI is InChI=1S/C11H19N5O2/c12-5-3-1-2-4-11(18)15-9-6-14-16(7-9)8-10(13)17/h6-7H,1-5,8,12H2,(H2,13,17)(H,15,18). The van der Waals surface area contributed by atoms with Crippen molar-refractivity contribution >= 4 is 17.5 Å². The maximum Gasteiger partial charge on any atom is 0.239 e. The lowest BCUT2D eigenvalue weighted by atomic mass is 10.2. The van der Waals surface area contributed by atoms with Gasteiger partial charge in [0.25, 0.3) is 0 Å². The summed E-state index contributed by atoms with van der Waals surface area (Å²) in [5, 5.41) is 6.61. The van der Waals surface area contributed by atoms with E-state index in [1.807, 2.05) is 0 Å². The number of carbonyl (C=O) groups excluding carboxylic acids is 2. The molecule has 7 heteroatoms. The molecule has 0 spiro atoms. The summed E-state index contributed by atoms with van der Waals surface area (Å²) in [6.45, 7) is 0.661. The molecule has 0 aliphatic heterocycles. The van der Waals surface area contributed by atoms with E-state index in [2.05, 4.69) is 10.4 Å². The third-order valence-electron chi connectivity index (χ3n) is 2.34. The third kappa shape index (κ3) is 5.44. The second-order valence-corrected chi connectivity index (χ2v) is 4.04. The van der Waals surface area contributed by atoms with E-state index in [1.54, 1.807) is 6.20 Å². The van der Waals surface area contributed by atoms with Gasteiger partial charge in [0.05, 0.1) is 11.9 Å². The molecule has 0 saturated heterocycles. The zero-order valence-electron chi connectivity index (χ0n) is 10.3. The van der Waals surface area contributed by atoms with E-state index in [0.29, 0.717) is 18.7 Å². The van der Waals surface area contributed by atoms with Crippen molar-refractivity contribution in [2.45, 2.75) is 32.2 Å². The number of nitrogens with two attached hydrogens (primary N) is 2. The Morgan fingerprint density at radius 1 is 1.33 bits per heavy atom. The fraction of sp³-hybridized carbons (Fsp3) is 0.545. The number of rotatable bonds is 8. The molecule has 0 aliphatic carbocycles. The largest absolute Gasteiger partial charge is 0.368 e. The van der Waals surface area contributed by atoms with Crippen molar-refractivity contribution in [3.8, 4) is 0 Å². The molecule has 2 amide bonds. The van der Waals surface area contributed by atoms with Crippen molar-refractivity contribution in [2.24, 2.45) is 11.5 Å². The summed E-state index contributed by atoms with van der Waals surface area (Å²) in [7, 11) is 0. The fourth-order valence-corrected chi connectivity index (χ4v) is 1.50. The van der Waals surface area contributed by atoms with E-state index in [9.17, 15) is 9.59 Å². The molecule has 1 rings (SSSR count). The number of unbranched alkanes of at least 4 members (excludes halogenated alkanes) is 2. The minimum Gasteiger partial charge on any atom is -0.368 e. The molecule has 1 aromatic rings. The van der Waals surface area contributed by atoms with Gasteiger partial charge in [0.15, 0.2) is 0 Å². The Kier molecular flexibility index (Phi) is 5.86. The Balaban J connectivity index is 2.31. The zero-order valence-corrected chi connectivity index (χ0v) is 10.3. The summed E-state index contributed by atoms with van der Waals surface area (Å²) in [6.07, 6.45) is 6.22. The minimum atomic E-state index is -0.474. The van der Waals surface area contributed by atoms with Gasteiger partial charge in [0.1, 0.15) is 6.54 Å². The molecule has 0 atom stereocenters. The van der Waals surface area contributed by atoms with E-state index >= 15 is 0 Å². The Hall–Kier alpha value is -1.89. The number of amides is 2. The van der Waals surface area contributed by atoms with Gasteiger partial charge in [-0.05, 0) is 19.4 Å². The lowest BCUT2D eigenvalue weighted by Gasteiger charge is -2.01. The maximum atomic E-state index is 11.5. The van der Waals surface area contributed by atoms with Gasteiger partial charge in [-0.2, -0.15) is 5.10 Å². The van der Waals surface area contributed by atoms with Crippen LogP contribution in [0.5, 0.6) is 0 Å². The van der Waals surface area contributed by atoms with Gasteiger partial charge in [0, 0.05) is 12.6 Å². The number of nitrogens with one attached hydrogen (secondary N) is 1. The van der Waals surface area contributed by atoms with Gasteiger partial charge in [0.2, 0.25) is 11.8 Å². The van der Waals surface area contributed by atoms with Crippen LogP contribution in [0.3, 0.4) is 0 Å². The molecule has 0 fully saturated rings. The van der Waals surface area contributed by atoms with Crippen LogP contribution in [0.25, 0.3) is 0 Å². The van der Waals surface area contributed by atoms with Gasteiger partial charge in [-0.3, -0.25) is 14.3 Å². The van der Waals surface area contributed by atoms with E-state index in [-0.39, 0.29) is 12.5 Å². The van der Waals surface area contributed by atoms with Crippen LogP contribution in [-0.4, -0.2) is 28.1 Å². The first kappa shape index (κ1) is 14.2. The summed E-state index contributed by atoms with van der Waals surface area (Å²) >= 11 is 0. The summed E-state index contributed by atoms with van der Waals surface area (Å²) in [5.74, 6) is -0.539. The maximum absolute atomic E-state index is 11.5. The van der Waals surface area contributed by atoms with E-state index in [0.717, 1.165) is 19.3 Å². The highest BCUT2D eigenvalue weighted by Crippen LogP contribution is 2.07. The highest BCUT2D eigenvalue weighted by Gasteiger charge is 2.05. The molecule has 18 heavy (non-hydrogen) atoms. The number of anilines is 1. The van der Waals surface area contributed by atoms with E-state index < -0.39 is 5.91 Å². The summed E-state index contributed by atoms with van der Waals surface area (Å²) in [5.41, 5.74) is 11.0. The predicted molar refractivity (Wildman–Crippen MR) is 67.6 cm³/mol. The van der Waals surface area contributed by atoms with Gasteiger partial charge in [-0.1, -0.05) is 6.42 Å². The summed E-state index contributed by atoms with van der Waals surface area (Å²) < 4.78 is 1.38. The number of aromatic nitrogens is 2. The lowest BCUT2D eigenvalue weighted by molar-refractivity contribution is -0.118. The van der Waals surface area contributed by atoms with Gasteiger partial charge >= 0.3 is 0 Å². The summed E-state index contributed by atoms with van der Waals surface area (Å²) in [6, 6.07) is 0. The molecule has 0 bridgehead atoms. The number of hydrogen-bond acceptors (Lipinski definition) is 4. The molecule has 7 nitrogen and oxygen atoms in total. The van der Waals surface area contributed by atoms with Gasteiger partial charge in [-0.25, -0.2) is 0 Å². The van der Waals surface area contributed by atoms with Crippen LogP contribution in [0.2, 0.25) is 0 Å². The Morgan fingerprint density at radius 2 is 2.11 bits per heavy atom. The number of carbonyl (C=O) groups is 2. The molecule has 0 aliphatic rings. The molecule has 1 aromatic heterocycles. The molecular weight excluding hydrogens is 234 g/mol. The highest BCUT2D eigenvalue weighted by atomic mass is 16.2. The normalized spacial score (nSPS) is 10.3. The topological polar surface area (TPSA) is 116 Å². The Labute approximate surface area is 106 Å². The fourth-order valence-electron chi connectivity index (χ4n) is 1.50. The van der Waals surface area contributed by atoms with Crippen molar-refractivity contribution in [1.82, 2.24) is 9.78 Å². The molecule has 0 saturated carbocycles. The van der Waals surface area contributed by atoms with Crippen molar-refractivity contribution in [1.29, 1.82) is 0 Å². The van der Waals surface area contributed by atoms with Gasteiger partial charge in [-0.15, -0.1) is 0 Å². The molecule has 1 heterocycles. The Morgan fingerprint density at radius 3 is 2.78 bits per heavy atom. The number of primary amides is 1. The van der Waals surface area contributed by atoms with Gasteiger partial charge < -0.3 is 16.8 Å². The molecule has 0 unspecified atom stereocenters. The van der Waals surface area contributed by atoms with Crippen LogP contribution in [0, 0.1) is 0 Å². The van der Waals surface area contributed by atoms with Crippen molar-refractivity contribution in [2.75, 3.05) is 11.9 Å². The van der Waals surface area contributed by atoms with Crippen molar-refractivity contribution in [3.63, 3.8) is 0 Å². The van der Waals surface area contributed by atoms with Crippen LogP contribution in [0.15, 0.2) is 12.4 Å². The van der Waals surface area contributed by atoms with Crippen LogP contribution >= 0.6 is 0 Å². The lowest BCUT2D eigenvalue weighted by Crippen LogP contribution is -2.18. The second kappa shape index (κ2) is 7.44. The molecule has 0 radical (unpaired) electrons. The summed E-state index contributed by atoms with van der Waals surface area (Å²) in [4.78, 5) is 22.2. The quantitative estimate of drug-likeness (QED) is 0.557. The highest BCUT2D eigenvalue weighted by molar-refractivity contribution is 5.90. The van der Waals surface area contributed by atoms with Crippen LogP contribution < -0.4 is 16.8 Å². The third-order valence-corrected chi connectivity index (χ3v) is 2.34. The average molecular weight is 253 g/mol. The van der Waals surface area contributed by atoms with E-state index in [4.69, 9.17) is 11.5 Å². The van der Waals surface area contributed by atoms with Crippen molar-refractivity contribution in [3.05, 3.63) is 12.4 Å². The number of nitrogens with zero attached hydrogens (tertiary/aromatic N) is 2. The monoisotopic (exact) mass is 253 g/mol. The molecule has 5 N–H and O–H groups in total. The first-order valence-electron chi connectivity index (χ1n) is 5.92. The van der Waals surface area contributed by atoms with Crippen LogP contribution in [0.4, 0.5) is 5.69 Å².